The van der Waals surface area contributed by atoms with Crippen LogP contribution in [0, 0.1) is 5.92 Å². The summed E-state index contributed by atoms with van der Waals surface area (Å²) < 4.78 is 0. The summed E-state index contributed by atoms with van der Waals surface area (Å²) in [6.45, 7) is 3.98. The Hall–Kier alpha value is 0.0200. The van der Waals surface area contributed by atoms with Crippen LogP contribution in [0.4, 0.5) is 0 Å². The van der Waals surface area contributed by atoms with Crippen LogP contribution in [-0.4, -0.2) is 11.4 Å². The van der Waals surface area contributed by atoms with Gasteiger partial charge in [0, 0.05) is 5.92 Å². The van der Waals surface area contributed by atoms with Gasteiger partial charge < -0.3 is 0 Å². The highest BCUT2D eigenvalue weighted by atomic mass is 32.2. The molecule has 2 heteroatoms. The molecule has 0 radical (unpaired) electrons. The summed E-state index contributed by atoms with van der Waals surface area (Å²) in [5.74, 6) is 0.241. The van der Waals surface area contributed by atoms with Crippen LogP contribution in [-0.2, 0) is 4.79 Å². The zero-order valence-corrected chi connectivity index (χ0v) is 6.42. The first-order chi connectivity index (χ1) is 3.72. The van der Waals surface area contributed by atoms with Crippen LogP contribution in [0.2, 0.25) is 0 Å². The highest BCUT2D eigenvalue weighted by Crippen LogP contribution is 2.09. The first-order valence-corrected chi connectivity index (χ1v) is 4.02. The van der Waals surface area contributed by atoms with E-state index < -0.39 is 0 Å². The number of carbonyl (C=O) groups is 1. The molecule has 0 saturated carbocycles. The second-order valence-electron chi connectivity index (χ2n) is 1.83. The third kappa shape index (κ3) is 2.36. The molecule has 0 amide bonds. The highest BCUT2D eigenvalue weighted by molar-refractivity contribution is 8.13. The Balaban J connectivity index is 3.46. The maximum Gasteiger partial charge on any atom is 0.191 e. The lowest BCUT2D eigenvalue weighted by Gasteiger charge is -2.01. The monoisotopic (exact) mass is 132 g/mol. The lowest BCUT2D eigenvalue weighted by molar-refractivity contribution is -0.113. The summed E-state index contributed by atoms with van der Waals surface area (Å²) in [7, 11) is 0. The Morgan fingerprint density at radius 2 is 2.25 bits per heavy atom. The smallest absolute Gasteiger partial charge is 0.191 e. The summed E-state index contributed by atoms with van der Waals surface area (Å²) in [6, 6.07) is 0. The van der Waals surface area contributed by atoms with Crippen LogP contribution in [0.1, 0.15) is 20.3 Å². The van der Waals surface area contributed by atoms with Gasteiger partial charge in [0.15, 0.2) is 5.12 Å². The van der Waals surface area contributed by atoms with Crippen LogP contribution < -0.4 is 0 Å². The van der Waals surface area contributed by atoms with Crippen molar-refractivity contribution >= 4 is 16.9 Å². The molecular formula is C6H12OS. The van der Waals surface area contributed by atoms with Crippen molar-refractivity contribution in [2.45, 2.75) is 20.3 Å². The van der Waals surface area contributed by atoms with Gasteiger partial charge in [0.05, 0.1) is 0 Å². The zero-order valence-electron chi connectivity index (χ0n) is 5.60. The lowest BCUT2D eigenvalue weighted by Crippen LogP contribution is -2.03. The normalized spacial score (nSPS) is 13.4. The van der Waals surface area contributed by atoms with E-state index in [2.05, 4.69) is 0 Å². The van der Waals surface area contributed by atoms with E-state index in [0.29, 0.717) is 5.12 Å². The predicted octanol–water partition coefficient (Wildman–Crippen LogP) is 1.92. The lowest BCUT2D eigenvalue weighted by atomic mass is 10.1. The van der Waals surface area contributed by atoms with E-state index in [0.717, 1.165) is 6.42 Å². The minimum Gasteiger partial charge on any atom is -0.287 e. The van der Waals surface area contributed by atoms with Crippen molar-refractivity contribution < 1.29 is 4.79 Å². The summed E-state index contributed by atoms with van der Waals surface area (Å²) >= 11 is 1.32. The largest absolute Gasteiger partial charge is 0.287 e. The molecule has 0 N–H and O–H groups in total. The first-order valence-electron chi connectivity index (χ1n) is 2.80. The third-order valence-corrected chi connectivity index (χ3v) is 2.02. The van der Waals surface area contributed by atoms with E-state index in [-0.39, 0.29) is 5.92 Å². The average Bonchev–Trinajstić information content (AvgIpc) is 1.84. The quantitative estimate of drug-likeness (QED) is 0.571. The Morgan fingerprint density at radius 3 is 2.38 bits per heavy atom. The minimum atomic E-state index is 0.241. The minimum absolute atomic E-state index is 0.241. The molecule has 0 aliphatic carbocycles. The number of hydrogen-bond donors (Lipinski definition) is 0. The molecule has 0 aliphatic rings. The third-order valence-electron chi connectivity index (χ3n) is 1.22. The molecule has 0 unspecified atom stereocenters. The van der Waals surface area contributed by atoms with Gasteiger partial charge in [-0.15, -0.1) is 0 Å². The average molecular weight is 132 g/mol. The van der Waals surface area contributed by atoms with Gasteiger partial charge in [0.25, 0.3) is 0 Å². The van der Waals surface area contributed by atoms with Crippen molar-refractivity contribution in [2.75, 3.05) is 6.26 Å². The molecule has 0 aromatic rings. The van der Waals surface area contributed by atoms with Gasteiger partial charge >= 0.3 is 0 Å². The molecule has 0 saturated heterocycles. The van der Waals surface area contributed by atoms with Gasteiger partial charge in [-0.25, -0.2) is 0 Å². The molecule has 48 valence electrons. The molecule has 8 heavy (non-hydrogen) atoms. The summed E-state index contributed by atoms with van der Waals surface area (Å²) in [5.41, 5.74) is 0. The fourth-order valence-electron chi connectivity index (χ4n) is 0.368. The topological polar surface area (TPSA) is 17.1 Å². The van der Waals surface area contributed by atoms with Crippen molar-refractivity contribution in [2.24, 2.45) is 5.92 Å². The zero-order chi connectivity index (χ0) is 6.57. The number of carbonyl (C=O) groups excluding carboxylic acids is 1. The Kier molecular flexibility index (Phi) is 3.97. The van der Waals surface area contributed by atoms with Crippen molar-refractivity contribution in [3.05, 3.63) is 0 Å². The second kappa shape index (κ2) is 3.96. The molecule has 0 heterocycles. The van der Waals surface area contributed by atoms with E-state index in [9.17, 15) is 4.79 Å². The molecule has 0 aromatic carbocycles. The fraction of sp³-hybridized carbons (Fsp3) is 0.833. The van der Waals surface area contributed by atoms with Crippen LogP contribution in [0.25, 0.3) is 0 Å². The summed E-state index contributed by atoms with van der Waals surface area (Å²) in [6.07, 6.45) is 2.79. The van der Waals surface area contributed by atoms with Crippen LogP contribution in [0.5, 0.6) is 0 Å². The van der Waals surface area contributed by atoms with Gasteiger partial charge in [-0.1, -0.05) is 25.6 Å². The maximum atomic E-state index is 10.7. The van der Waals surface area contributed by atoms with E-state index >= 15 is 0 Å². The van der Waals surface area contributed by atoms with Crippen molar-refractivity contribution in [1.82, 2.24) is 0 Å². The summed E-state index contributed by atoms with van der Waals surface area (Å²) in [5, 5.41) is 0.299. The van der Waals surface area contributed by atoms with Gasteiger partial charge in [-0.3, -0.25) is 4.79 Å². The Labute approximate surface area is 54.8 Å². The molecule has 0 rings (SSSR count). The summed E-state index contributed by atoms with van der Waals surface area (Å²) in [4.78, 5) is 10.7. The van der Waals surface area contributed by atoms with Gasteiger partial charge in [0.2, 0.25) is 0 Å². The van der Waals surface area contributed by atoms with Crippen LogP contribution in [0.15, 0.2) is 0 Å². The van der Waals surface area contributed by atoms with Gasteiger partial charge in [-0.05, 0) is 12.7 Å². The standard InChI is InChI=1S/C6H12OS/c1-4-5(2)6(7)8-3/h5H,4H2,1-3H3/t5-/m0/s1. The van der Waals surface area contributed by atoms with Crippen molar-refractivity contribution in [3.63, 3.8) is 0 Å². The van der Waals surface area contributed by atoms with E-state index in [1.165, 1.54) is 11.8 Å². The Morgan fingerprint density at radius 1 is 1.75 bits per heavy atom. The molecule has 0 bridgehead atoms. The number of rotatable bonds is 2. The van der Waals surface area contributed by atoms with Crippen LogP contribution in [0.3, 0.4) is 0 Å². The molecule has 0 aromatic heterocycles. The van der Waals surface area contributed by atoms with E-state index in [4.69, 9.17) is 0 Å². The molecule has 1 nitrogen and oxygen atoms in total. The fourth-order valence-corrected chi connectivity index (χ4v) is 0.937. The van der Waals surface area contributed by atoms with Gasteiger partial charge in [-0.2, -0.15) is 0 Å². The number of hydrogen-bond acceptors (Lipinski definition) is 2. The molecule has 1 atom stereocenters. The first kappa shape index (κ1) is 8.02. The molecule has 0 aliphatic heterocycles. The number of thioether (sulfide) groups is 1. The van der Waals surface area contributed by atoms with E-state index in [1.54, 1.807) is 0 Å². The molecule has 0 fully saturated rings. The van der Waals surface area contributed by atoms with Gasteiger partial charge in [0.1, 0.15) is 0 Å². The molecule has 0 spiro atoms. The van der Waals surface area contributed by atoms with Crippen LogP contribution >= 0.6 is 11.8 Å². The van der Waals surface area contributed by atoms with Crippen molar-refractivity contribution in [1.29, 1.82) is 0 Å². The van der Waals surface area contributed by atoms with Crippen molar-refractivity contribution in [3.8, 4) is 0 Å². The second-order valence-corrected chi connectivity index (χ2v) is 2.64. The SMILES string of the molecule is CC[C@H](C)C(=O)SC. The predicted molar refractivity (Wildman–Crippen MR) is 38.0 cm³/mol. The maximum absolute atomic E-state index is 10.7. The van der Waals surface area contributed by atoms with E-state index in [1.807, 2.05) is 20.1 Å². The molecular weight excluding hydrogens is 120 g/mol. The Bertz CT molecular complexity index is 80.6. The highest BCUT2D eigenvalue weighted by Gasteiger charge is 2.06.